The molecule has 0 radical (unpaired) electrons. The summed E-state index contributed by atoms with van der Waals surface area (Å²) in [6, 6.07) is 0. The number of fused-ring (bicyclic) bond motifs is 2. The van der Waals surface area contributed by atoms with E-state index in [0.717, 1.165) is 0 Å². The Kier molecular flexibility index (Phi) is 1.63. The van der Waals surface area contributed by atoms with Crippen LogP contribution in [0.4, 0.5) is 0 Å². The molecule has 5 nitrogen and oxygen atoms in total. The summed E-state index contributed by atoms with van der Waals surface area (Å²) in [4.78, 5) is 21.5. The molecule has 0 aromatic carbocycles. The largest absolute Gasteiger partial charge is 0.481 e. The van der Waals surface area contributed by atoms with Crippen molar-refractivity contribution in [3.63, 3.8) is 0 Å². The molecule has 0 spiro atoms. The lowest BCUT2D eigenvalue weighted by Crippen LogP contribution is -2.36. The lowest BCUT2D eigenvalue weighted by Gasteiger charge is -2.16. The van der Waals surface area contributed by atoms with Crippen LogP contribution in [-0.2, 0) is 14.3 Å². The third-order valence-electron chi connectivity index (χ3n) is 2.47. The highest BCUT2D eigenvalue weighted by atomic mass is 16.5. The SMILES string of the molecule is O=C(O)[C@@H]1[C@@H](C(=O)O)[C@H]2C=C[C@H]1O2. The summed E-state index contributed by atoms with van der Waals surface area (Å²) >= 11 is 0. The van der Waals surface area contributed by atoms with Crippen molar-refractivity contribution in [1.29, 1.82) is 0 Å². The van der Waals surface area contributed by atoms with Crippen molar-refractivity contribution >= 4 is 11.9 Å². The predicted octanol–water partition coefficient (Wildman–Crippen LogP) is -0.275. The molecule has 13 heavy (non-hydrogen) atoms. The molecule has 0 aromatic rings. The lowest BCUT2D eigenvalue weighted by molar-refractivity contribution is -0.152. The van der Waals surface area contributed by atoms with E-state index in [1.165, 1.54) is 0 Å². The van der Waals surface area contributed by atoms with Gasteiger partial charge >= 0.3 is 11.9 Å². The van der Waals surface area contributed by atoms with Gasteiger partial charge < -0.3 is 14.9 Å². The van der Waals surface area contributed by atoms with Crippen LogP contribution in [0.1, 0.15) is 0 Å². The van der Waals surface area contributed by atoms with Gasteiger partial charge in [-0.15, -0.1) is 0 Å². The van der Waals surface area contributed by atoms with Crippen LogP contribution in [0.25, 0.3) is 0 Å². The third kappa shape index (κ3) is 1.04. The number of carbonyl (C=O) groups is 2. The summed E-state index contributed by atoms with van der Waals surface area (Å²) < 4.78 is 5.15. The molecule has 2 N–H and O–H groups in total. The van der Waals surface area contributed by atoms with E-state index in [1.807, 2.05) is 0 Å². The van der Waals surface area contributed by atoms with E-state index >= 15 is 0 Å². The standard InChI is InChI=1S/C8H8O5/c9-7(10)5-3-1-2-4(13-3)6(5)8(11)12/h1-6H,(H,9,10)(H,11,12)/t3-,4-,5+,6+/m1/s1. The van der Waals surface area contributed by atoms with Crippen molar-refractivity contribution in [2.24, 2.45) is 11.8 Å². The Labute approximate surface area is 73.6 Å². The Hall–Kier alpha value is -1.36. The second-order valence-electron chi connectivity index (χ2n) is 3.18. The molecule has 0 saturated carbocycles. The topological polar surface area (TPSA) is 83.8 Å². The minimum absolute atomic E-state index is 0.566. The molecule has 0 unspecified atom stereocenters. The Morgan fingerprint density at radius 1 is 1.00 bits per heavy atom. The summed E-state index contributed by atoms with van der Waals surface area (Å²) in [5, 5.41) is 17.6. The van der Waals surface area contributed by atoms with Crippen LogP contribution in [0.2, 0.25) is 0 Å². The molecule has 0 aromatic heterocycles. The van der Waals surface area contributed by atoms with Crippen LogP contribution in [0.5, 0.6) is 0 Å². The van der Waals surface area contributed by atoms with Crippen molar-refractivity contribution in [1.82, 2.24) is 0 Å². The van der Waals surface area contributed by atoms with Gasteiger partial charge in [-0.3, -0.25) is 9.59 Å². The Morgan fingerprint density at radius 3 is 1.69 bits per heavy atom. The summed E-state index contributed by atoms with van der Waals surface area (Å²) in [5.74, 6) is -4.09. The van der Waals surface area contributed by atoms with Crippen LogP contribution < -0.4 is 0 Å². The second-order valence-corrected chi connectivity index (χ2v) is 3.18. The Balaban J connectivity index is 2.30. The van der Waals surface area contributed by atoms with Gasteiger partial charge in [-0.2, -0.15) is 0 Å². The van der Waals surface area contributed by atoms with Gasteiger partial charge in [0.25, 0.3) is 0 Å². The predicted molar refractivity (Wildman–Crippen MR) is 40.1 cm³/mol. The minimum Gasteiger partial charge on any atom is -0.481 e. The van der Waals surface area contributed by atoms with Gasteiger partial charge in [-0.05, 0) is 0 Å². The first kappa shape index (κ1) is 8.25. The second kappa shape index (κ2) is 2.56. The monoisotopic (exact) mass is 184 g/mol. The fourth-order valence-electron chi connectivity index (χ4n) is 1.90. The van der Waals surface area contributed by atoms with E-state index in [4.69, 9.17) is 14.9 Å². The minimum atomic E-state index is -1.11. The van der Waals surface area contributed by atoms with Crippen LogP contribution in [-0.4, -0.2) is 34.4 Å². The Morgan fingerprint density at radius 2 is 1.38 bits per heavy atom. The maximum absolute atomic E-state index is 10.7. The molecule has 1 fully saturated rings. The number of ether oxygens (including phenoxy) is 1. The highest BCUT2D eigenvalue weighted by molar-refractivity contribution is 5.82. The zero-order valence-electron chi connectivity index (χ0n) is 6.58. The molecule has 2 bridgehead atoms. The highest BCUT2D eigenvalue weighted by Gasteiger charge is 2.53. The zero-order valence-corrected chi connectivity index (χ0v) is 6.58. The molecule has 2 aliphatic rings. The van der Waals surface area contributed by atoms with Crippen LogP contribution in [0.15, 0.2) is 12.2 Å². The zero-order chi connectivity index (χ0) is 9.59. The molecular weight excluding hydrogens is 176 g/mol. The van der Waals surface area contributed by atoms with Gasteiger partial charge in [0.05, 0.1) is 12.2 Å². The molecular formula is C8H8O5. The maximum atomic E-state index is 10.7. The van der Waals surface area contributed by atoms with Crippen molar-refractivity contribution in [3.05, 3.63) is 12.2 Å². The summed E-state index contributed by atoms with van der Waals surface area (Å²) in [6.07, 6.45) is 2.10. The lowest BCUT2D eigenvalue weighted by atomic mass is 9.83. The molecule has 2 rings (SSSR count). The number of carboxylic acid groups (broad SMARTS) is 2. The first-order chi connectivity index (χ1) is 6.11. The fraction of sp³-hybridized carbons (Fsp3) is 0.500. The average molecular weight is 184 g/mol. The van der Waals surface area contributed by atoms with Crippen molar-refractivity contribution < 1.29 is 24.5 Å². The molecule has 4 atom stereocenters. The van der Waals surface area contributed by atoms with Crippen LogP contribution in [0, 0.1) is 11.8 Å². The highest BCUT2D eigenvalue weighted by Crippen LogP contribution is 2.39. The van der Waals surface area contributed by atoms with E-state index in [-0.39, 0.29) is 0 Å². The summed E-state index contributed by atoms with van der Waals surface area (Å²) in [6.45, 7) is 0. The number of hydrogen-bond acceptors (Lipinski definition) is 3. The third-order valence-corrected chi connectivity index (χ3v) is 2.47. The average Bonchev–Trinajstić information content (AvgIpc) is 2.60. The number of hydrogen-bond donors (Lipinski definition) is 2. The van der Waals surface area contributed by atoms with E-state index < -0.39 is 36.0 Å². The molecule has 0 aliphatic carbocycles. The normalized spacial score (nSPS) is 40.9. The smallest absolute Gasteiger partial charge is 0.310 e. The molecule has 2 aliphatic heterocycles. The van der Waals surface area contributed by atoms with Gasteiger partial charge in [-0.1, -0.05) is 12.2 Å². The van der Waals surface area contributed by atoms with E-state index in [0.29, 0.717) is 0 Å². The number of carboxylic acids is 2. The molecule has 5 heteroatoms. The first-order valence-corrected chi connectivity index (χ1v) is 3.90. The van der Waals surface area contributed by atoms with E-state index in [2.05, 4.69) is 0 Å². The molecule has 70 valence electrons. The van der Waals surface area contributed by atoms with Crippen molar-refractivity contribution in [2.75, 3.05) is 0 Å². The van der Waals surface area contributed by atoms with Gasteiger partial charge in [0.2, 0.25) is 0 Å². The van der Waals surface area contributed by atoms with Gasteiger partial charge in [0.15, 0.2) is 0 Å². The van der Waals surface area contributed by atoms with Gasteiger partial charge in [0, 0.05) is 0 Å². The van der Waals surface area contributed by atoms with Gasteiger partial charge in [-0.25, -0.2) is 0 Å². The summed E-state index contributed by atoms with van der Waals surface area (Å²) in [7, 11) is 0. The van der Waals surface area contributed by atoms with Gasteiger partial charge in [0.1, 0.15) is 11.8 Å². The summed E-state index contributed by atoms with van der Waals surface area (Å²) in [5.41, 5.74) is 0. The van der Waals surface area contributed by atoms with Crippen molar-refractivity contribution in [3.8, 4) is 0 Å². The van der Waals surface area contributed by atoms with Crippen LogP contribution in [0.3, 0.4) is 0 Å². The maximum Gasteiger partial charge on any atom is 0.310 e. The molecule has 2 heterocycles. The van der Waals surface area contributed by atoms with E-state index in [9.17, 15) is 9.59 Å². The van der Waals surface area contributed by atoms with Crippen molar-refractivity contribution in [2.45, 2.75) is 12.2 Å². The van der Waals surface area contributed by atoms with E-state index in [1.54, 1.807) is 12.2 Å². The quantitative estimate of drug-likeness (QED) is 0.577. The Bertz CT molecular complexity index is 267. The number of rotatable bonds is 2. The van der Waals surface area contributed by atoms with Crippen LogP contribution >= 0.6 is 0 Å². The first-order valence-electron chi connectivity index (χ1n) is 3.90. The number of aliphatic carboxylic acids is 2. The molecule has 1 saturated heterocycles. The molecule has 0 amide bonds. The fourth-order valence-corrected chi connectivity index (χ4v) is 1.90.